The van der Waals surface area contributed by atoms with E-state index in [2.05, 4.69) is 10.6 Å². The first kappa shape index (κ1) is 23.3. The predicted molar refractivity (Wildman–Crippen MR) is 141 cm³/mol. The van der Waals surface area contributed by atoms with Crippen LogP contribution in [0.3, 0.4) is 0 Å². The molecule has 0 radical (unpaired) electrons. The molecule has 0 saturated heterocycles. The van der Waals surface area contributed by atoms with Crippen molar-refractivity contribution in [2.45, 2.75) is 44.8 Å². The largest absolute Gasteiger partial charge is 0.493 e. The molecule has 0 spiro atoms. The topological polar surface area (TPSA) is 59.6 Å². The Labute approximate surface area is 211 Å². The smallest absolute Gasteiger partial charge is 0.163 e. The van der Waals surface area contributed by atoms with E-state index in [-0.39, 0.29) is 23.8 Å². The maximum absolute atomic E-state index is 13.7. The third-order valence-electron chi connectivity index (χ3n) is 6.55. The Morgan fingerprint density at radius 1 is 0.943 bits per heavy atom. The Morgan fingerprint density at radius 3 is 2.43 bits per heavy atom. The van der Waals surface area contributed by atoms with E-state index in [0.29, 0.717) is 29.4 Å². The molecule has 180 valence electrons. The van der Waals surface area contributed by atoms with Gasteiger partial charge in [-0.1, -0.05) is 48.0 Å². The van der Waals surface area contributed by atoms with Crippen LogP contribution in [-0.4, -0.2) is 19.0 Å². The van der Waals surface area contributed by atoms with Crippen molar-refractivity contribution in [1.29, 1.82) is 0 Å². The lowest BCUT2D eigenvalue weighted by Gasteiger charge is -2.30. The van der Waals surface area contributed by atoms with Gasteiger partial charge in [0.2, 0.25) is 0 Å². The van der Waals surface area contributed by atoms with E-state index in [9.17, 15) is 4.79 Å². The first-order chi connectivity index (χ1) is 16.9. The lowest BCUT2D eigenvalue weighted by Crippen LogP contribution is -2.27. The average Bonchev–Trinajstić information content (AvgIpc) is 3.01. The molecule has 0 saturated carbocycles. The number of nitrogens with one attached hydrogen (secondary N) is 2. The Kier molecular flexibility index (Phi) is 6.44. The molecule has 2 unspecified atom stereocenters. The molecule has 2 atom stereocenters. The van der Waals surface area contributed by atoms with Gasteiger partial charge in [-0.05, 0) is 67.6 Å². The molecule has 35 heavy (non-hydrogen) atoms. The minimum absolute atomic E-state index is 0.0212. The van der Waals surface area contributed by atoms with Crippen molar-refractivity contribution in [2.24, 2.45) is 0 Å². The zero-order valence-electron chi connectivity index (χ0n) is 20.1. The molecule has 3 aromatic carbocycles. The van der Waals surface area contributed by atoms with Gasteiger partial charge >= 0.3 is 0 Å². The minimum Gasteiger partial charge on any atom is -0.493 e. The number of Topliss-reactive ketones (excluding diaryl/α,β-unsaturated/α-hetero) is 1. The number of allylic oxidation sites excluding steroid dienone is 1. The van der Waals surface area contributed by atoms with Gasteiger partial charge in [0.05, 0.1) is 30.6 Å². The summed E-state index contributed by atoms with van der Waals surface area (Å²) in [6.07, 6.45) is 1.15. The molecule has 2 N–H and O–H groups in total. The summed E-state index contributed by atoms with van der Waals surface area (Å²) in [7, 11) is 1.64. The number of rotatable bonds is 5. The molecule has 0 bridgehead atoms. The van der Waals surface area contributed by atoms with Gasteiger partial charge in [0.25, 0.3) is 0 Å². The summed E-state index contributed by atoms with van der Waals surface area (Å²) in [5, 5.41) is 7.79. The number of fused-ring (bicyclic) bond motifs is 1. The van der Waals surface area contributed by atoms with Crippen molar-refractivity contribution in [2.75, 3.05) is 17.7 Å². The van der Waals surface area contributed by atoms with Crippen LogP contribution in [0, 0.1) is 0 Å². The number of ketones is 1. The van der Waals surface area contributed by atoms with E-state index >= 15 is 0 Å². The number of hydrogen-bond acceptors (Lipinski definition) is 5. The van der Waals surface area contributed by atoms with E-state index < -0.39 is 0 Å². The van der Waals surface area contributed by atoms with Crippen LogP contribution in [0.2, 0.25) is 5.02 Å². The summed E-state index contributed by atoms with van der Waals surface area (Å²) in [5.74, 6) is 1.51. The number of carbonyl (C=O) groups is 1. The van der Waals surface area contributed by atoms with Crippen LogP contribution in [0.25, 0.3) is 0 Å². The molecule has 6 heteroatoms. The van der Waals surface area contributed by atoms with Crippen molar-refractivity contribution in [1.82, 2.24) is 0 Å². The number of ether oxygens (including phenoxy) is 2. The molecule has 1 aliphatic carbocycles. The van der Waals surface area contributed by atoms with E-state index in [4.69, 9.17) is 21.1 Å². The molecule has 3 aromatic rings. The standard InChI is InChI=1S/C29H29ClN2O3/c1-17(2)35-26-13-12-18(16-27(26)34-3)19-14-24-28(25(33)15-19)29(20-8-4-5-9-21(20)30)32-23-11-7-6-10-22(23)31-24/h4-13,16-17,19,29,31-32H,14-15H2,1-3H3. The Hall–Kier alpha value is -3.44. The monoisotopic (exact) mass is 488 g/mol. The Bertz CT molecular complexity index is 1300. The lowest BCUT2D eigenvalue weighted by atomic mass is 9.78. The fraction of sp³-hybridized carbons (Fsp3) is 0.276. The van der Waals surface area contributed by atoms with Crippen molar-refractivity contribution in [3.8, 4) is 11.5 Å². The highest BCUT2D eigenvalue weighted by atomic mass is 35.5. The van der Waals surface area contributed by atoms with Crippen LogP contribution < -0.4 is 20.1 Å². The van der Waals surface area contributed by atoms with Gasteiger partial charge in [0.1, 0.15) is 0 Å². The molecule has 0 aromatic heterocycles. The Morgan fingerprint density at radius 2 is 1.69 bits per heavy atom. The van der Waals surface area contributed by atoms with Gasteiger partial charge in [0, 0.05) is 22.7 Å². The summed E-state index contributed by atoms with van der Waals surface area (Å²) in [4.78, 5) is 13.7. The lowest BCUT2D eigenvalue weighted by molar-refractivity contribution is -0.116. The van der Waals surface area contributed by atoms with Crippen molar-refractivity contribution in [3.05, 3.63) is 94.1 Å². The summed E-state index contributed by atoms with van der Waals surface area (Å²) >= 11 is 6.61. The highest BCUT2D eigenvalue weighted by Crippen LogP contribution is 2.46. The SMILES string of the molecule is COc1cc(C2CC(=O)C3=C(C2)Nc2ccccc2NC3c2ccccc2Cl)ccc1OC(C)C. The van der Waals surface area contributed by atoms with Gasteiger partial charge in [-0.3, -0.25) is 4.79 Å². The maximum atomic E-state index is 13.7. The molecule has 1 aliphatic heterocycles. The van der Waals surface area contributed by atoms with Gasteiger partial charge in [-0.2, -0.15) is 0 Å². The van der Waals surface area contributed by atoms with Crippen LogP contribution in [0.1, 0.15) is 49.8 Å². The summed E-state index contributed by atoms with van der Waals surface area (Å²) in [6, 6.07) is 21.4. The van der Waals surface area contributed by atoms with Crippen molar-refractivity contribution in [3.63, 3.8) is 0 Å². The van der Waals surface area contributed by atoms with Crippen molar-refractivity contribution >= 4 is 28.8 Å². The summed E-state index contributed by atoms with van der Waals surface area (Å²) in [6.45, 7) is 3.97. The maximum Gasteiger partial charge on any atom is 0.163 e. The Balaban J connectivity index is 1.56. The quantitative estimate of drug-likeness (QED) is 0.400. The zero-order valence-corrected chi connectivity index (χ0v) is 20.9. The van der Waals surface area contributed by atoms with Gasteiger partial charge in [0.15, 0.2) is 17.3 Å². The van der Waals surface area contributed by atoms with Crippen LogP contribution in [0.4, 0.5) is 11.4 Å². The second-order valence-corrected chi connectivity index (χ2v) is 9.67. The molecule has 0 amide bonds. The minimum atomic E-state index is -0.334. The van der Waals surface area contributed by atoms with Crippen LogP contribution in [0.15, 0.2) is 78.0 Å². The first-order valence-electron chi connectivity index (χ1n) is 11.9. The normalized spacial score (nSPS) is 19.3. The van der Waals surface area contributed by atoms with Crippen LogP contribution in [-0.2, 0) is 4.79 Å². The molecule has 5 nitrogen and oxygen atoms in total. The first-order valence-corrected chi connectivity index (χ1v) is 12.3. The molecule has 2 aliphatic rings. The van der Waals surface area contributed by atoms with E-state index in [1.807, 2.05) is 80.6 Å². The predicted octanol–water partition coefficient (Wildman–Crippen LogP) is 7.12. The molecule has 0 fully saturated rings. The molecule has 5 rings (SSSR count). The summed E-state index contributed by atoms with van der Waals surface area (Å²) in [5.41, 5.74) is 5.50. The van der Waals surface area contributed by atoms with E-state index in [1.54, 1.807) is 7.11 Å². The van der Waals surface area contributed by atoms with E-state index in [0.717, 1.165) is 33.8 Å². The third-order valence-corrected chi connectivity index (χ3v) is 6.89. The second kappa shape index (κ2) is 9.67. The van der Waals surface area contributed by atoms with Gasteiger partial charge in [-0.25, -0.2) is 0 Å². The highest BCUT2D eigenvalue weighted by Gasteiger charge is 2.36. The molecular weight excluding hydrogens is 460 g/mol. The average molecular weight is 489 g/mol. The van der Waals surface area contributed by atoms with Gasteiger partial charge in [-0.15, -0.1) is 0 Å². The number of benzene rings is 3. The molecule has 1 heterocycles. The number of hydrogen-bond donors (Lipinski definition) is 2. The number of anilines is 2. The third kappa shape index (κ3) is 4.61. The second-order valence-electron chi connectivity index (χ2n) is 9.27. The fourth-order valence-electron chi connectivity index (χ4n) is 4.96. The van der Waals surface area contributed by atoms with Crippen LogP contribution in [0.5, 0.6) is 11.5 Å². The number of halogens is 1. The summed E-state index contributed by atoms with van der Waals surface area (Å²) < 4.78 is 11.5. The van der Waals surface area contributed by atoms with Crippen molar-refractivity contribution < 1.29 is 14.3 Å². The fourth-order valence-corrected chi connectivity index (χ4v) is 5.20. The zero-order chi connectivity index (χ0) is 24.5. The number of para-hydroxylation sites is 2. The number of methoxy groups -OCH3 is 1. The number of carbonyl (C=O) groups excluding carboxylic acids is 1. The highest BCUT2D eigenvalue weighted by molar-refractivity contribution is 6.31. The van der Waals surface area contributed by atoms with Gasteiger partial charge < -0.3 is 20.1 Å². The van der Waals surface area contributed by atoms with E-state index in [1.165, 1.54) is 0 Å². The van der Waals surface area contributed by atoms with Crippen LogP contribution >= 0.6 is 11.6 Å². The molecular formula is C29H29ClN2O3.